The van der Waals surface area contributed by atoms with Crippen LogP contribution in [0.15, 0.2) is 12.1 Å². The molecule has 2 fully saturated rings. The van der Waals surface area contributed by atoms with E-state index in [1.807, 2.05) is 17.9 Å². The molecule has 0 spiro atoms. The van der Waals surface area contributed by atoms with Crippen molar-refractivity contribution in [3.8, 4) is 6.07 Å². The van der Waals surface area contributed by atoms with Crippen molar-refractivity contribution >= 4 is 27.3 Å². The van der Waals surface area contributed by atoms with Gasteiger partial charge in [0, 0.05) is 56.0 Å². The Labute approximate surface area is 203 Å². The first-order chi connectivity index (χ1) is 16.1. The number of rotatable bonds is 8. The normalized spacial score (nSPS) is 19.7. The maximum atomic E-state index is 12.9. The average molecular weight is 489 g/mol. The molecule has 0 bridgehead atoms. The lowest BCUT2D eigenvalue weighted by molar-refractivity contribution is -0.140. The van der Waals surface area contributed by atoms with Gasteiger partial charge in [0.15, 0.2) is 9.84 Å². The van der Waals surface area contributed by atoms with Gasteiger partial charge in [-0.3, -0.25) is 14.5 Å². The van der Waals surface area contributed by atoms with Crippen LogP contribution in [0, 0.1) is 24.2 Å². The van der Waals surface area contributed by atoms with Crippen molar-refractivity contribution in [1.82, 2.24) is 9.80 Å². The van der Waals surface area contributed by atoms with Gasteiger partial charge in [-0.05, 0) is 49.9 Å². The summed E-state index contributed by atoms with van der Waals surface area (Å²) in [5, 5.41) is 12.3. The number of piperazine rings is 1. The third-order valence-corrected chi connectivity index (χ3v) is 8.80. The van der Waals surface area contributed by atoms with E-state index in [1.54, 1.807) is 13.0 Å². The molecule has 9 heteroatoms. The molecule has 3 rings (SSSR count). The first-order valence-corrected chi connectivity index (χ1v) is 14.0. The van der Waals surface area contributed by atoms with Crippen molar-refractivity contribution in [1.29, 1.82) is 5.26 Å². The van der Waals surface area contributed by atoms with E-state index in [9.17, 15) is 23.3 Å². The van der Waals surface area contributed by atoms with Crippen molar-refractivity contribution in [3.63, 3.8) is 0 Å². The predicted octanol–water partition coefficient (Wildman–Crippen LogP) is 2.85. The third kappa shape index (κ3) is 6.57. The van der Waals surface area contributed by atoms with Crippen LogP contribution in [0.3, 0.4) is 0 Å². The van der Waals surface area contributed by atoms with E-state index < -0.39 is 9.84 Å². The average Bonchev–Trinajstić information content (AvgIpc) is 3.35. The molecule has 1 aliphatic carbocycles. The molecule has 1 N–H and O–H groups in total. The summed E-state index contributed by atoms with van der Waals surface area (Å²) in [5.74, 6) is -0.0926. The maximum absolute atomic E-state index is 12.9. The number of benzene rings is 1. The number of anilines is 1. The zero-order valence-corrected chi connectivity index (χ0v) is 21.3. The molecular formula is C25H36N4O4S. The van der Waals surface area contributed by atoms with E-state index in [0.717, 1.165) is 49.9 Å². The van der Waals surface area contributed by atoms with Gasteiger partial charge in [-0.2, -0.15) is 5.26 Å². The Morgan fingerprint density at radius 2 is 1.91 bits per heavy atom. The Hall–Kier alpha value is -2.44. The van der Waals surface area contributed by atoms with Gasteiger partial charge in [0.05, 0.1) is 17.4 Å². The van der Waals surface area contributed by atoms with Crippen LogP contribution in [-0.2, 0) is 26.0 Å². The number of carbonyl (C=O) groups is 2. The second kappa shape index (κ2) is 11.3. The summed E-state index contributed by atoms with van der Waals surface area (Å²) >= 11 is 0. The topological polar surface area (TPSA) is 111 Å². The first kappa shape index (κ1) is 26.2. The molecule has 1 aliphatic heterocycles. The van der Waals surface area contributed by atoms with Gasteiger partial charge >= 0.3 is 0 Å². The number of nitriles is 1. The van der Waals surface area contributed by atoms with Crippen LogP contribution in [0.1, 0.15) is 62.6 Å². The number of nitrogens with zero attached hydrogens (tertiary/aromatic N) is 3. The van der Waals surface area contributed by atoms with Gasteiger partial charge in [-0.15, -0.1) is 0 Å². The summed E-state index contributed by atoms with van der Waals surface area (Å²) in [6.45, 7) is 8.38. The van der Waals surface area contributed by atoms with Crippen LogP contribution in [0.2, 0.25) is 0 Å². The lowest BCUT2D eigenvalue weighted by Crippen LogP contribution is -2.54. The lowest BCUT2D eigenvalue weighted by Gasteiger charge is -2.41. The van der Waals surface area contributed by atoms with Gasteiger partial charge in [0.25, 0.3) is 0 Å². The van der Waals surface area contributed by atoms with E-state index in [0.29, 0.717) is 30.2 Å². The molecule has 1 heterocycles. The number of carbonyl (C=O) groups excluding carboxylic acids is 2. The second-order valence-corrected chi connectivity index (χ2v) is 12.0. The number of amides is 2. The monoisotopic (exact) mass is 488 g/mol. The fourth-order valence-electron chi connectivity index (χ4n) is 4.89. The zero-order valence-electron chi connectivity index (χ0n) is 20.5. The molecule has 1 aromatic carbocycles. The molecule has 1 aromatic rings. The van der Waals surface area contributed by atoms with Gasteiger partial charge in [-0.1, -0.05) is 19.8 Å². The Morgan fingerprint density at radius 3 is 2.53 bits per heavy atom. The van der Waals surface area contributed by atoms with Crippen molar-refractivity contribution in [2.24, 2.45) is 5.92 Å². The fourth-order valence-corrected chi connectivity index (χ4v) is 5.68. The summed E-state index contributed by atoms with van der Waals surface area (Å²) in [7, 11) is -3.23. The number of hydrogen-bond acceptors (Lipinski definition) is 6. The van der Waals surface area contributed by atoms with Gasteiger partial charge in [-0.25, -0.2) is 8.42 Å². The molecule has 1 saturated heterocycles. The quantitative estimate of drug-likeness (QED) is 0.602. The molecular weight excluding hydrogens is 452 g/mol. The highest BCUT2D eigenvalue weighted by molar-refractivity contribution is 7.91. The summed E-state index contributed by atoms with van der Waals surface area (Å²) in [6, 6.07) is 5.75. The van der Waals surface area contributed by atoms with Gasteiger partial charge in [0.2, 0.25) is 11.8 Å². The van der Waals surface area contributed by atoms with E-state index in [-0.39, 0.29) is 35.8 Å². The summed E-state index contributed by atoms with van der Waals surface area (Å²) in [5.41, 5.74) is 2.79. The second-order valence-electron chi connectivity index (χ2n) is 9.55. The Morgan fingerprint density at radius 1 is 1.21 bits per heavy atom. The molecule has 2 amide bonds. The van der Waals surface area contributed by atoms with Crippen molar-refractivity contribution in [2.45, 2.75) is 65.5 Å². The van der Waals surface area contributed by atoms with E-state index in [1.165, 1.54) is 0 Å². The van der Waals surface area contributed by atoms with Crippen molar-refractivity contribution in [2.75, 3.05) is 36.5 Å². The summed E-state index contributed by atoms with van der Waals surface area (Å²) < 4.78 is 23.4. The van der Waals surface area contributed by atoms with Crippen molar-refractivity contribution < 1.29 is 18.0 Å². The van der Waals surface area contributed by atoms with Gasteiger partial charge < -0.3 is 10.2 Å². The molecule has 34 heavy (non-hydrogen) atoms. The molecule has 0 radical (unpaired) electrons. The molecule has 1 atom stereocenters. The summed E-state index contributed by atoms with van der Waals surface area (Å²) in [4.78, 5) is 29.6. The summed E-state index contributed by atoms with van der Waals surface area (Å²) in [6.07, 6.45) is 4.19. The van der Waals surface area contributed by atoms with E-state index in [4.69, 9.17) is 0 Å². The largest absolute Gasteiger partial charge is 0.337 e. The Kier molecular flexibility index (Phi) is 8.72. The SMILES string of the molecule is CCS(=O)(=O)CCC(=O)Nc1cc(C#N)cc(CN2CCN(C(=O)C3CCCC3)C(C)C2)c1C. The molecule has 0 aromatic heterocycles. The standard InChI is InChI=1S/C25H36N4O4S/c1-4-34(32,33)12-9-24(30)27-23-14-20(15-26)13-22(19(23)3)17-28-10-11-29(18(2)16-28)25(31)21-7-5-6-8-21/h13-14,18,21H,4-12,16-17H2,1-3H3,(H,27,30). The highest BCUT2D eigenvalue weighted by Gasteiger charge is 2.33. The molecule has 186 valence electrons. The van der Waals surface area contributed by atoms with E-state index >= 15 is 0 Å². The highest BCUT2D eigenvalue weighted by Crippen LogP contribution is 2.29. The van der Waals surface area contributed by atoms with Crippen LogP contribution in [-0.4, -0.2) is 67.2 Å². The van der Waals surface area contributed by atoms with Crippen LogP contribution in [0.5, 0.6) is 0 Å². The molecule has 2 aliphatic rings. The van der Waals surface area contributed by atoms with Crippen LogP contribution in [0.25, 0.3) is 0 Å². The third-order valence-electron chi connectivity index (χ3n) is 7.09. The van der Waals surface area contributed by atoms with Crippen LogP contribution < -0.4 is 5.32 Å². The zero-order chi connectivity index (χ0) is 24.9. The number of sulfone groups is 1. The first-order valence-electron chi connectivity index (χ1n) is 12.2. The molecule has 1 unspecified atom stereocenters. The Bertz CT molecular complexity index is 1060. The van der Waals surface area contributed by atoms with E-state index in [2.05, 4.69) is 23.2 Å². The maximum Gasteiger partial charge on any atom is 0.226 e. The fraction of sp³-hybridized carbons (Fsp3) is 0.640. The smallest absolute Gasteiger partial charge is 0.226 e. The Balaban J connectivity index is 1.66. The van der Waals surface area contributed by atoms with Crippen LogP contribution >= 0.6 is 0 Å². The van der Waals surface area contributed by atoms with Gasteiger partial charge in [0.1, 0.15) is 0 Å². The molecule has 1 saturated carbocycles. The lowest BCUT2D eigenvalue weighted by atomic mass is 10.0. The number of nitrogens with one attached hydrogen (secondary N) is 1. The predicted molar refractivity (Wildman–Crippen MR) is 132 cm³/mol. The van der Waals surface area contributed by atoms with Crippen LogP contribution in [0.4, 0.5) is 5.69 Å². The number of hydrogen-bond donors (Lipinski definition) is 1. The molecule has 8 nitrogen and oxygen atoms in total. The van der Waals surface area contributed by atoms with Crippen molar-refractivity contribution in [3.05, 3.63) is 28.8 Å². The minimum Gasteiger partial charge on any atom is -0.337 e. The minimum absolute atomic E-state index is 0.00527. The minimum atomic E-state index is -3.23. The highest BCUT2D eigenvalue weighted by atomic mass is 32.2.